The minimum atomic E-state index is -0.741. The number of aromatic amines is 1. The van der Waals surface area contributed by atoms with E-state index in [-0.39, 0.29) is 28.6 Å². The third-order valence-electron chi connectivity index (χ3n) is 4.25. The van der Waals surface area contributed by atoms with E-state index in [2.05, 4.69) is 20.6 Å². The lowest BCUT2D eigenvalue weighted by atomic mass is 10.00. The van der Waals surface area contributed by atoms with E-state index in [0.29, 0.717) is 22.9 Å². The highest BCUT2D eigenvalue weighted by Crippen LogP contribution is 2.44. The lowest BCUT2D eigenvalue weighted by Crippen LogP contribution is -2.68. The van der Waals surface area contributed by atoms with Crippen LogP contribution in [0, 0.1) is 0 Å². The van der Waals surface area contributed by atoms with Gasteiger partial charge < -0.3 is 16.2 Å². The van der Waals surface area contributed by atoms with Gasteiger partial charge in [0.25, 0.3) is 0 Å². The number of thioether (sulfide) groups is 2. The molecule has 1 fully saturated rings. The van der Waals surface area contributed by atoms with Gasteiger partial charge in [-0.25, -0.2) is 4.79 Å². The van der Waals surface area contributed by atoms with Crippen molar-refractivity contribution >= 4 is 41.3 Å². The SMILES string of the molecule is CC(C)(C)OC(=O)C1=C(C(CCC(N)=O)Sc2nn[nH]n2)CS[C@H]2C(N)C(=O)N12. The van der Waals surface area contributed by atoms with E-state index in [1.165, 1.54) is 28.4 Å². The highest BCUT2D eigenvalue weighted by molar-refractivity contribution is 8.01. The van der Waals surface area contributed by atoms with Crippen molar-refractivity contribution in [3.05, 3.63) is 11.3 Å². The molecule has 0 aromatic carbocycles. The molecule has 158 valence electrons. The van der Waals surface area contributed by atoms with Crippen molar-refractivity contribution in [1.82, 2.24) is 25.5 Å². The van der Waals surface area contributed by atoms with Gasteiger partial charge in [-0.15, -0.1) is 22.0 Å². The van der Waals surface area contributed by atoms with E-state index < -0.39 is 23.5 Å². The average molecular weight is 442 g/mol. The van der Waals surface area contributed by atoms with Crippen molar-refractivity contribution < 1.29 is 19.1 Å². The minimum absolute atomic E-state index is 0.0994. The fraction of sp³-hybridized carbons (Fsp3) is 0.625. The Morgan fingerprint density at radius 1 is 1.45 bits per heavy atom. The Hall–Kier alpha value is -2.12. The Balaban J connectivity index is 2.00. The number of amides is 2. The number of rotatable bonds is 7. The van der Waals surface area contributed by atoms with Gasteiger partial charge in [0.1, 0.15) is 22.7 Å². The molecule has 0 aliphatic carbocycles. The van der Waals surface area contributed by atoms with Gasteiger partial charge >= 0.3 is 5.97 Å². The number of primary amides is 1. The zero-order valence-corrected chi connectivity index (χ0v) is 17.9. The Morgan fingerprint density at radius 3 is 2.76 bits per heavy atom. The molecule has 1 saturated heterocycles. The summed E-state index contributed by atoms with van der Waals surface area (Å²) in [6.07, 6.45) is 0.442. The largest absolute Gasteiger partial charge is 0.455 e. The first-order chi connectivity index (χ1) is 13.6. The van der Waals surface area contributed by atoms with Crippen LogP contribution < -0.4 is 11.5 Å². The molecule has 2 unspecified atom stereocenters. The van der Waals surface area contributed by atoms with E-state index in [4.69, 9.17) is 16.2 Å². The van der Waals surface area contributed by atoms with Gasteiger partial charge in [0.05, 0.1) is 0 Å². The van der Waals surface area contributed by atoms with E-state index in [1.54, 1.807) is 20.8 Å². The van der Waals surface area contributed by atoms with Crippen LogP contribution in [-0.4, -0.2) is 71.3 Å². The molecule has 3 rings (SSSR count). The van der Waals surface area contributed by atoms with Crippen LogP contribution in [0.1, 0.15) is 33.6 Å². The van der Waals surface area contributed by atoms with Gasteiger partial charge in [0.15, 0.2) is 0 Å². The first-order valence-corrected chi connectivity index (χ1v) is 10.9. The second kappa shape index (κ2) is 8.32. The molecule has 1 aromatic heterocycles. The zero-order valence-electron chi connectivity index (χ0n) is 16.2. The number of nitrogens with two attached hydrogens (primary N) is 2. The topological polar surface area (TPSA) is 170 Å². The molecule has 1 aromatic rings. The number of H-pyrrole nitrogens is 1. The second-order valence-electron chi connectivity index (χ2n) is 7.62. The summed E-state index contributed by atoms with van der Waals surface area (Å²) in [7, 11) is 0. The predicted octanol–water partition coefficient (Wildman–Crippen LogP) is -0.236. The standard InChI is InChI=1S/C16H23N7O4S2/c1-16(2,3)27-14(26)11-7(6-28-13-10(18)12(25)23(11)13)8(4-5-9(17)24)29-15-19-21-22-20-15/h8,10,13H,4-6,18H2,1-3H3,(H2,17,24)(H,19,20,21,22)/t8?,10?,13-/m0/s1. The Bertz CT molecular complexity index is 837. The van der Waals surface area contributed by atoms with Gasteiger partial charge in [-0.1, -0.05) is 11.8 Å². The second-order valence-corrected chi connectivity index (χ2v) is 9.89. The van der Waals surface area contributed by atoms with E-state index in [9.17, 15) is 14.4 Å². The molecule has 0 spiro atoms. The van der Waals surface area contributed by atoms with Crippen LogP contribution in [0.3, 0.4) is 0 Å². The van der Waals surface area contributed by atoms with Crippen molar-refractivity contribution in [2.75, 3.05) is 5.75 Å². The van der Waals surface area contributed by atoms with Crippen LogP contribution in [0.4, 0.5) is 0 Å². The predicted molar refractivity (Wildman–Crippen MR) is 106 cm³/mol. The number of esters is 1. The molecule has 13 heteroatoms. The summed E-state index contributed by atoms with van der Waals surface area (Å²) >= 11 is 2.71. The van der Waals surface area contributed by atoms with Crippen molar-refractivity contribution in [3.8, 4) is 0 Å². The number of nitrogens with zero attached hydrogens (tertiary/aromatic N) is 4. The van der Waals surface area contributed by atoms with Crippen LogP contribution in [0.15, 0.2) is 16.4 Å². The molecular formula is C16H23N7O4S2. The summed E-state index contributed by atoms with van der Waals surface area (Å²) in [5.41, 5.74) is 11.3. The fourth-order valence-electron chi connectivity index (χ4n) is 3.01. The lowest BCUT2D eigenvalue weighted by molar-refractivity contribution is -0.158. The summed E-state index contributed by atoms with van der Waals surface area (Å²) in [4.78, 5) is 38.3. The number of ether oxygens (including phenoxy) is 1. The van der Waals surface area contributed by atoms with Crippen molar-refractivity contribution in [2.24, 2.45) is 11.5 Å². The van der Waals surface area contributed by atoms with Crippen LogP contribution >= 0.6 is 23.5 Å². The number of hydrogen-bond donors (Lipinski definition) is 3. The molecule has 2 aliphatic rings. The quantitative estimate of drug-likeness (QED) is 0.291. The van der Waals surface area contributed by atoms with Crippen molar-refractivity contribution in [3.63, 3.8) is 0 Å². The molecule has 0 radical (unpaired) electrons. The average Bonchev–Trinajstić information content (AvgIpc) is 3.14. The molecule has 0 saturated carbocycles. The molecule has 0 bridgehead atoms. The first kappa shape index (κ1) is 21.6. The van der Waals surface area contributed by atoms with Gasteiger partial charge in [-0.05, 0) is 38.0 Å². The van der Waals surface area contributed by atoms with E-state index in [1.807, 2.05) is 0 Å². The fourth-order valence-corrected chi connectivity index (χ4v) is 5.49. The smallest absolute Gasteiger partial charge is 0.355 e. The minimum Gasteiger partial charge on any atom is -0.455 e. The maximum Gasteiger partial charge on any atom is 0.355 e. The number of carbonyl (C=O) groups is 3. The van der Waals surface area contributed by atoms with E-state index >= 15 is 0 Å². The highest BCUT2D eigenvalue weighted by Gasteiger charge is 2.53. The molecule has 3 heterocycles. The summed E-state index contributed by atoms with van der Waals surface area (Å²) in [5, 5.41) is 13.4. The number of fused-ring (bicyclic) bond motifs is 1. The van der Waals surface area contributed by atoms with E-state index in [0.717, 1.165) is 0 Å². The Labute approximate surface area is 175 Å². The third-order valence-corrected chi connectivity index (χ3v) is 6.76. The molecule has 5 N–H and O–H groups in total. The summed E-state index contributed by atoms with van der Waals surface area (Å²) in [6.45, 7) is 5.26. The van der Waals surface area contributed by atoms with Gasteiger partial charge in [-0.2, -0.15) is 5.21 Å². The number of β-lactam (4-membered cyclic amide) rings is 1. The number of hydrogen-bond acceptors (Lipinski definition) is 10. The van der Waals surface area contributed by atoms with Crippen molar-refractivity contribution in [1.29, 1.82) is 0 Å². The maximum absolute atomic E-state index is 13.0. The van der Waals surface area contributed by atoms with Gasteiger partial charge in [0, 0.05) is 17.4 Å². The van der Waals surface area contributed by atoms with Crippen LogP contribution in [0.2, 0.25) is 0 Å². The normalized spacial score (nSPS) is 22.8. The molecule has 11 nitrogen and oxygen atoms in total. The van der Waals surface area contributed by atoms with Gasteiger partial charge in [0.2, 0.25) is 17.0 Å². The molecule has 2 aliphatic heterocycles. The monoisotopic (exact) mass is 441 g/mol. The first-order valence-electron chi connectivity index (χ1n) is 8.93. The zero-order chi connectivity index (χ0) is 21.3. The number of carbonyl (C=O) groups excluding carboxylic acids is 3. The Morgan fingerprint density at radius 2 is 2.17 bits per heavy atom. The molecule has 2 amide bonds. The molecule has 29 heavy (non-hydrogen) atoms. The number of aromatic nitrogens is 4. The van der Waals surface area contributed by atoms with Crippen LogP contribution in [0.25, 0.3) is 0 Å². The summed E-state index contributed by atoms with van der Waals surface area (Å²) < 4.78 is 5.56. The maximum atomic E-state index is 13.0. The summed E-state index contributed by atoms with van der Waals surface area (Å²) in [6, 6.07) is -0.659. The molecule has 3 atom stereocenters. The number of nitrogens with one attached hydrogen (secondary N) is 1. The third kappa shape index (κ3) is 4.73. The number of tetrazole rings is 1. The summed E-state index contributed by atoms with van der Waals surface area (Å²) in [5.74, 6) is -0.952. The van der Waals surface area contributed by atoms with Gasteiger partial charge in [-0.3, -0.25) is 14.5 Å². The van der Waals surface area contributed by atoms with Crippen LogP contribution in [-0.2, 0) is 19.1 Å². The van der Waals surface area contributed by atoms with Crippen molar-refractivity contribution in [2.45, 2.75) is 61.0 Å². The molecular weight excluding hydrogens is 418 g/mol. The van der Waals surface area contributed by atoms with Crippen LogP contribution in [0.5, 0.6) is 0 Å². The highest BCUT2D eigenvalue weighted by atomic mass is 32.2. The lowest BCUT2D eigenvalue weighted by Gasteiger charge is -2.49. The Kier molecular flexibility index (Phi) is 6.19.